The molecular formula is C41H51N7O7S. The van der Waals surface area contributed by atoms with Gasteiger partial charge in [-0.25, -0.2) is 19.6 Å². The molecule has 1 aliphatic heterocycles. The number of nitrogens with one attached hydrogen (secondary N) is 4. The summed E-state index contributed by atoms with van der Waals surface area (Å²) in [5.74, 6) is -1.66. The number of anilines is 1. The number of carboxylic acids is 1. The molecule has 298 valence electrons. The fraction of sp³-hybridized carbons (Fsp3) is 0.512. The zero-order valence-electron chi connectivity index (χ0n) is 32.2. The van der Waals surface area contributed by atoms with Crippen LogP contribution in [0.2, 0.25) is 0 Å². The lowest BCUT2D eigenvalue weighted by molar-refractivity contribution is -0.145. The number of ether oxygens (including phenoxy) is 2. The third-order valence-corrected chi connectivity index (χ3v) is 12.4. The van der Waals surface area contributed by atoms with Crippen molar-refractivity contribution in [3.05, 3.63) is 53.9 Å². The molecule has 5 atom stereocenters. The van der Waals surface area contributed by atoms with Crippen LogP contribution in [0.15, 0.2) is 48.4 Å². The number of pyridine rings is 1. The van der Waals surface area contributed by atoms with Crippen molar-refractivity contribution in [1.29, 1.82) is 0 Å². The molecule has 3 saturated carbocycles. The van der Waals surface area contributed by atoms with Crippen LogP contribution in [-0.2, 0) is 14.4 Å². The van der Waals surface area contributed by atoms with Crippen LogP contribution in [0.1, 0.15) is 76.7 Å². The Balaban J connectivity index is 1.19. The number of rotatable bonds is 14. The number of amides is 4. The van der Waals surface area contributed by atoms with Gasteiger partial charge in [0.05, 0.1) is 24.9 Å². The van der Waals surface area contributed by atoms with Gasteiger partial charge in [0, 0.05) is 47.3 Å². The fourth-order valence-electron chi connectivity index (χ4n) is 8.35. The van der Waals surface area contributed by atoms with Gasteiger partial charge in [-0.1, -0.05) is 38.3 Å². The molecule has 3 aliphatic carbocycles. The molecule has 2 aromatic heterocycles. The standard InChI is InChI=1S/C41H51N7O7S/c1-6-24-19-41(24,38(51)52)47-36(49)32-16-27(20-48(32)37(50)35(22(2)3)46-39(53)42-25-11-7-8-12-25)55-34-18-30(44-29-17-33(54-5)23(4)15-28(29)34)31-21-56-40(45-31)43-26-13-9-10-14-26/h6,15,17-18,21,24-27,32,35H,1-2,7-14,16,19-20H2,3-5H3,(H,43,45)(H,47,49)(H,51,52)(H2,42,46,53)/t24-,27-,32+,35+,41-/m1/s1. The lowest BCUT2D eigenvalue weighted by Gasteiger charge is -2.30. The maximum atomic E-state index is 14.4. The van der Waals surface area contributed by atoms with E-state index in [2.05, 4.69) is 34.4 Å². The van der Waals surface area contributed by atoms with Gasteiger partial charge in [0.25, 0.3) is 0 Å². The summed E-state index contributed by atoms with van der Waals surface area (Å²) in [5.41, 5.74) is 1.62. The molecule has 4 aliphatic rings. The smallest absolute Gasteiger partial charge is 0.330 e. The van der Waals surface area contributed by atoms with Crippen molar-refractivity contribution in [2.75, 3.05) is 19.0 Å². The van der Waals surface area contributed by atoms with Gasteiger partial charge in [0.2, 0.25) is 11.8 Å². The van der Waals surface area contributed by atoms with Crippen LogP contribution in [0.25, 0.3) is 22.3 Å². The van der Waals surface area contributed by atoms with Crippen molar-refractivity contribution in [2.24, 2.45) is 5.92 Å². The van der Waals surface area contributed by atoms with Gasteiger partial charge in [-0.2, -0.15) is 0 Å². The number of methoxy groups -OCH3 is 1. The summed E-state index contributed by atoms with van der Waals surface area (Å²) in [5, 5.41) is 25.6. The Kier molecular flexibility index (Phi) is 11.2. The second-order valence-corrected chi connectivity index (χ2v) is 16.5. The third-order valence-electron chi connectivity index (χ3n) is 11.6. The maximum absolute atomic E-state index is 14.4. The molecule has 56 heavy (non-hydrogen) atoms. The van der Waals surface area contributed by atoms with Crippen molar-refractivity contribution < 1.29 is 33.8 Å². The largest absolute Gasteiger partial charge is 0.496 e. The Morgan fingerprint density at radius 1 is 1.04 bits per heavy atom. The minimum atomic E-state index is -1.51. The molecule has 4 fully saturated rings. The Bertz CT molecular complexity index is 2040. The zero-order chi connectivity index (χ0) is 39.7. The molecule has 1 aromatic carbocycles. The van der Waals surface area contributed by atoms with Gasteiger partial charge >= 0.3 is 12.0 Å². The molecule has 0 radical (unpaired) electrons. The molecule has 14 nitrogen and oxygen atoms in total. The van der Waals surface area contributed by atoms with E-state index in [0.29, 0.717) is 45.4 Å². The van der Waals surface area contributed by atoms with Crippen LogP contribution in [0.5, 0.6) is 11.5 Å². The first-order valence-electron chi connectivity index (χ1n) is 19.5. The van der Waals surface area contributed by atoms with E-state index in [0.717, 1.165) is 49.2 Å². The highest BCUT2D eigenvalue weighted by molar-refractivity contribution is 7.14. The number of nitrogens with zero attached hydrogens (tertiary/aromatic N) is 3. The van der Waals surface area contributed by atoms with Crippen LogP contribution in [0.3, 0.4) is 0 Å². The number of carbonyl (C=O) groups excluding carboxylic acids is 3. The highest BCUT2D eigenvalue weighted by atomic mass is 32.1. The van der Waals surface area contributed by atoms with E-state index < -0.39 is 53.5 Å². The summed E-state index contributed by atoms with van der Waals surface area (Å²) >= 11 is 1.52. The predicted molar refractivity (Wildman–Crippen MR) is 214 cm³/mol. The van der Waals surface area contributed by atoms with Crippen molar-refractivity contribution in [3.63, 3.8) is 0 Å². The summed E-state index contributed by atoms with van der Waals surface area (Å²) in [6.07, 6.45) is 9.47. The van der Waals surface area contributed by atoms with Crippen LogP contribution < -0.4 is 30.7 Å². The van der Waals surface area contributed by atoms with Gasteiger partial charge in [-0.15, -0.1) is 17.9 Å². The number of thiazole rings is 1. The van der Waals surface area contributed by atoms with Crippen LogP contribution in [0.4, 0.5) is 9.93 Å². The molecule has 0 spiro atoms. The summed E-state index contributed by atoms with van der Waals surface area (Å²) in [6, 6.07) is 3.29. The summed E-state index contributed by atoms with van der Waals surface area (Å²) in [4.78, 5) is 65.2. The first kappa shape index (κ1) is 39.1. The lowest BCUT2D eigenvalue weighted by atomic mass is 10.1. The minimum absolute atomic E-state index is 0.0158. The van der Waals surface area contributed by atoms with Gasteiger partial charge in [0.1, 0.15) is 40.9 Å². The molecular weight excluding hydrogens is 735 g/mol. The molecule has 0 bridgehead atoms. The van der Waals surface area contributed by atoms with Crippen molar-refractivity contribution in [3.8, 4) is 22.9 Å². The SMILES string of the molecule is C=C[C@@H]1C[C@]1(NC(=O)[C@@H]1C[C@@H](Oc2cc(-c3csc(NC4CCCC4)n3)nc3cc(OC)c(C)cc23)CN1C(=O)[C@@H](NC(=O)NC1CCCC1)C(=C)C)C(=O)O. The summed E-state index contributed by atoms with van der Waals surface area (Å²) in [6.45, 7) is 11.3. The molecule has 15 heteroatoms. The van der Waals surface area contributed by atoms with Crippen molar-refractivity contribution >= 4 is 51.2 Å². The van der Waals surface area contributed by atoms with E-state index >= 15 is 0 Å². The third kappa shape index (κ3) is 8.04. The molecule has 5 N–H and O–H groups in total. The number of likely N-dealkylation sites (tertiary alicyclic amines) is 1. The maximum Gasteiger partial charge on any atom is 0.330 e. The van der Waals surface area contributed by atoms with E-state index in [1.165, 1.54) is 35.2 Å². The summed E-state index contributed by atoms with van der Waals surface area (Å²) in [7, 11) is 1.60. The number of fused-ring (bicyclic) bond motifs is 1. The van der Waals surface area contributed by atoms with E-state index in [-0.39, 0.29) is 25.4 Å². The zero-order valence-corrected chi connectivity index (χ0v) is 33.0. The molecule has 7 rings (SSSR count). The predicted octanol–water partition coefficient (Wildman–Crippen LogP) is 5.71. The number of benzene rings is 1. The Labute approximate surface area is 330 Å². The van der Waals surface area contributed by atoms with E-state index in [1.54, 1.807) is 14.0 Å². The van der Waals surface area contributed by atoms with Crippen LogP contribution in [-0.4, -0.2) is 93.3 Å². The quantitative estimate of drug-likeness (QED) is 0.127. The van der Waals surface area contributed by atoms with E-state index in [4.69, 9.17) is 19.4 Å². The second-order valence-electron chi connectivity index (χ2n) is 15.7. The van der Waals surface area contributed by atoms with E-state index in [9.17, 15) is 24.3 Å². The van der Waals surface area contributed by atoms with Gasteiger partial charge in [-0.05, 0) is 63.2 Å². The average Bonchev–Trinajstić information content (AvgIpc) is 3.80. The number of hydrogen-bond acceptors (Lipinski definition) is 10. The highest BCUT2D eigenvalue weighted by Gasteiger charge is 2.61. The molecule has 1 saturated heterocycles. The summed E-state index contributed by atoms with van der Waals surface area (Å²) < 4.78 is 12.4. The Hall–Kier alpha value is -5.18. The average molecular weight is 786 g/mol. The van der Waals surface area contributed by atoms with Gasteiger partial charge in [-0.3, -0.25) is 9.59 Å². The lowest BCUT2D eigenvalue weighted by Crippen LogP contribution is -2.57. The Morgan fingerprint density at radius 3 is 2.39 bits per heavy atom. The van der Waals surface area contributed by atoms with Gasteiger partial charge < -0.3 is 40.7 Å². The Morgan fingerprint density at radius 2 is 1.75 bits per heavy atom. The number of urea groups is 1. The number of aryl methyl sites for hydroxylation is 1. The highest BCUT2D eigenvalue weighted by Crippen LogP contribution is 2.45. The first-order chi connectivity index (χ1) is 26.9. The number of aromatic nitrogens is 2. The monoisotopic (exact) mass is 785 g/mol. The molecule has 0 unspecified atom stereocenters. The number of carboxylic acid groups (broad SMARTS) is 1. The second kappa shape index (κ2) is 16.1. The first-order valence-corrected chi connectivity index (χ1v) is 20.4. The molecule has 3 aromatic rings. The van der Waals surface area contributed by atoms with Crippen LogP contribution >= 0.6 is 11.3 Å². The van der Waals surface area contributed by atoms with Crippen molar-refractivity contribution in [1.82, 2.24) is 30.8 Å². The topological polar surface area (TPSA) is 184 Å². The van der Waals surface area contributed by atoms with Crippen molar-refractivity contribution in [2.45, 2.75) is 114 Å². The number of aliphatic carboxylic acids is 1. The molecule has 3 heterocycles. The molecule has 4 amide bonds. The van der Waals surface area contributed by atoms with E-state index in [1.807, 2.05) is 30.5 Å². The fourth-order valence-corrected chi connectivity index (χ4v) is 9.13. The normalized spacial score (nSPS) is 24.1. The minimum Gasteiger partial charge on any atom is -0.496 e. The number of hydrogen-bond donors (Lipinski definition) is 5. The van der Waals surface area contributed by atoms with Gasteiger partial charge in [0.15, 0.2) is 5.13 Å². The van der Waals surface area contributed by atoms with Crippen LogP contribution in [0, 0.1) is 12.8 Å². The number of carbonyl (C=O) groups is 4.